The number of likely N-dealkylation sites (N-methyl/N-ethyl adjacent to an activating group) is 1. The Labute approximate surface area is 113 Å². The topological polar surface area (TPSA) is 52.6 Å². The molecule has 2 unspecified atom stereocenters. The molecule has 1 amide bonds. The molecule has 2 N–H and O–H groups in total. The number of carbonyl (C=O) groups is 1. The summed E-state index contributed by atoms with van der Waals surface area (Å²) in [4.78, 5) is 13.7. The number of amides is 1. The second kappa shape index (κ2) is 6.73. The van der Waals surface area contributed by atoms with Gasteiger partial charge in [0, 0.05) is 20.1 Å². The summed E-state index contributed by atoms with van der Waals surface area (Å²) < 4.78 is 0. The van der Waals surface area contributed by atoms with Crippen molar-refractivity contribution >= 4 is 18.3 Å². The van der Waals surface area contributed by atoms with Crippen molar-refractivity contribution in [1.29, 1.82) is 0 Å². The van der Waals surface area contributed by atoms with Crippen LogP contribution in [0.15, 0.2) is 30.3 Å². The lowest BCUT2D eigenvalue weighted by atomic mass is 10.1. The third kappa shape index (κ3) is 3.70. The smallest absolute Gasteiger partial charge is 0.239 e. The predicted octanol–water partition coefficient (Wildman–Crippen LogP) is 0.790. The normalized spacial score (nSPS) is 22.3. The lowest BCUT2D eigenvalue weighted by Gasteiger charge is -2.21. The van der Waals surface area contributed by atoms with E-state index in [0.29, 0.717) is 19.5 Å². The van der Waals surface area contributed by atoms with E-state index in [-0.39, 0.29) is 24.4 Å². The lowest BCUT2D eigenvalue weighted by molar-refractivity contribution is -0.132. The van der Waals surface area contributed by atoms with Crippen molar-refractivity contribution in [3.05, 3.63) is 35.9 Å². The van der Waals surface area contributed by atoms with E-state index >= 15 is 0 Å². The standard InChI is InChI=1S/C13H18N2O2.ClH/c1-15(9-10-5-3-2-4-6-10)13(17)12-7-11(16)8-14-12;/h2-6,11-12,14,16H,7-9H2,1H3;1H. The van der Waals surface area contributed by atoms with E-state index in [1.807, 2.05) is 30.3 Å². The van der Waals surface area contributed by atoms with Crippen LogP contribution in [-0.4, -0.2) is 41.7 Å². The number of rotatable bonds is 3. The van der Waals surface area contributed by atoms with E-state index in [0.717, 1.165) is 5.56 Å². The number of benzene rings is 1. The molecule has 0 aliphatic carbocycles. The average Bonchev–Trinajstić information content (AvgIpc) is 2.76. The van der Waals surface area contributed by atoms with Gasteiger partial charge in [0.25, 0.3) is 0 Å². The summed E-state index contributed by atoms with van der Waals surface area (Å²) in [5.74, 6) is 0.0467. The van der Waals surface area contributed by atoms with Gasteiger partial charge in [-0.25, -0.2) is 0 Å². The first kappa shape index (κ1) is 15.0. The molecule has 0 bridgehead atoms. The highest BCUT2D eigenvalue weighted by atomic mass is 35.5. The highest BCUT2D eigenvalue weighted by Gasteiger charge is 2.29. The van der Waals surface area contributed by atoms with Gasteiger partial charge in [0.1, 0.15) is 0 Å². The highest BCUT2D eigenvalue weighted by Crippen LogP contribution is 2.11. The fraction of sp³-hybridized carbons (Fsp3) is 0.462. The molecule has 0 saturated carbocycles. The summed E-state index contributed by atoms with van der Waals surface area (Å²) in [5.41, 5.74) is 1.11. The van der Waals surface area contributed by atoms with Crippen LogP contribution in [0.25, 0.3) is 0 Å². The Morgan fingerprint density at radius 2 is 2.11 bits per heavy atom. The van der Waals surface area contributed by atoms with Crippen LogP contribution in [0, 0.1) is 0 Å². The van der Waals surface area contributed by atoms with Crippen molar-refractivity contribution in [2.24, 2.45) is 0 Å². The van der Waals surface area contributed by atoms with Crippen LogP contribution in [0.1, 0.15) is 12.0 Å². The first-order chi connectivity index (χ1) is 8.16. The van der Waals surface area contributed by atoms with Gasteiger partial charge in [0.2, 0.25) is 5.91 Å². The molecule has 2 rings (SSSR count). The molecule has 0 aromatic heterocycles. The maximum atomic E-state index is 12.0. The van der Waals surface area contributed by atoms with Gasteiger partial charge in [0.05, 0.1) is 12.1 Å². The van der Waals surface area contributed by atoms with Crippen LogP contribution in [0.2, 0.25) is 0 Å². The summed E-state index contributed by atoms with van der Waals surface area (Å²) >= 11 is 0. The number of hydrogen-bond acceptors (Lipinski definition) is 3. The van der Waals surface area contributed by atoms with Crippen molar-refractivity contribution in [2.75, 3.05) is 13.6 Å². The van der Waals surface area contributed by atoms with Crippen LogP contribution in [-0.2, 0) is 11.3 Å². The van der Waals surface area contributed by atoms with E-state index in [2.05, 4.69) is 5.32 Å². The summed E-state index contributed by atoms with van der Waals surface area (Å²) in [7, 11) is 1.79. The fourth-order valence-corrected chi connectivity index (χ4v) is 2.11. The third-order valence-electron chi connectivity index (χ3n) is 3.04. The maximum Gasteiger partial charge on any atom is 0.239 e. The molecule has 1 saturated heterocycles. The van der Waals surface area contributed by atoms with Crippen LogP contribution in [0.5, 0.6) is 0 Å². The zero-order valence-corrected chi connectivity index (χ0v) is 11.2. The molecule has 0 spiro atoms. The first-order valence-corrected chi connectivity index (χ1v) is 5.87. The van der Waals surface area contributed by atoms with Crippen LogP contribution in [0.3, 0.4) is 0 Å². The first-order valence-electron chi connectivity index (χ1n) is 5.87. The molecule has 100 valence electrons. The summed E-state index contributed by atoms with van der Waals surface area (Å²) in [5, 5.41) is 12.4. The molecule has 1 aliphatic rings. The van der Waals surface area contributed by atoms with Crippen molar-refractivity contribution in [1.82, 2.24) is 10.2 Å². The van der Waals surface area contributed by atoms with Gasteiger partial charge in [-0.3, -0.25) is 4.79 Å². The van der Waals surface area contributed by atoms with Crippen molar-refractivity contribution < 1.29 is 9.90 Å². The van der Waals surface area contributed by atoms with Gasteiger partial charge in [-0.2, -0.15) is 0 Å². The number of carbonyl (C=O) groups excluding carboxylic acids is 1. The van der Waals surface area contributed by atoms with E-state index in [9.17, 15) is 9.90 Å². The second-order valence-electron chi connectivity index (χ2n) is 4.53. The SMILES string of the molecule is CN(Cc1ccccc1)C(=O)C1CC(O)CN1.Cl. The minimum absolute atomic E-state index is 0. The Kier molecular flexibility index (Phi) is 5.59. The zero-order valence-electron chi connectivity index (χ0n) is 10.4. The highest BCUT2D eigenvalue weighted by molar-refractivity contribution is 5.85. The Balaban J connectivity index is 0.00000162. The molecular weight excluding hydrogens is 252 g/mol. The fourth-order valence-electron chi connectivity index (χ4n) is 2.11. The molecule has 2 atom stereocenters. The predicted molar refractivity (Wildman–Crippen MR) is 72.6 cm³/mol. The molecule has 1 heterocycles. The van der Waals surface area contributed by atoms with E-state index in [1.54, 1.807) is 11.9 Å². The van der Waals surface area contributed by atoms with Gasteiger partial charge in [0.15, 0.2) is 0 Å². The quantitative estimate of drug-likeness (QED) is 0.854. The van der Waals surface area contributed by atoms with Gasteiger partial charge in [-0.1, -0.05) is 30.3 Å². The number of aliphatic hydroxyl groups excluding tert-OH is 1. The van der Waals surface area contributed by atoms with Gasteiger partial charge in [-0.05, 0) is 12.0 Å². The minimum Gasteiger partial charge on any atom is -0.392 e. The molecule has 1 aromatic carbocycles. The molecule has 0 radical (unpaired) electrons. The molecule has 1 aliphatic heterocycles. The third-order valence-corrected chi connectivity index (χ3v) is 3.04. The summed E-state index contributed by atoms with van der Waals surface area (Å²) in [6, 6.07) is 9.65. The van der Waals surface area contributed by atoms with Gasteiger partial charge in [-0.15, -0.1) is 12.4 Å². The Bertz CT molecular complexity index is 386. The number of halogens is 1. The average molecular weight is 271 g/mol. The van der Waals surface area contributed by atoms with Crippen molar-refractivity contribution in [3.8, 4) is 0 Å². The Morgan fingerprint density at radius 1 is 1.44 bits per heavy atom. The molecule has 4 nitrogen and oxygen atoms in total. The molecule has 1 aromatic rings. The van der Waals surface area contributed by atoms with E-state index < -0.39 is 6.10 Å². The largest absolute Gasteiger partial charge is 0.392 e. The number of β-amino-alcohol motifs (C(OH)–C–C–N with tert-alkyl or cyclic N) is 1. The van der Waals surface area contributed by atoms with Crippen molar-refractivity contribution in [3.63, 3.8) is 0 Å². The number of nitrogens with zero attached hydrogens (tertiary/aromatic N) is 1. The number of hydrogen-bond donors (Lipinski definition) is 2. The molecular formula is C13H19ClN2O2. The van der Waals surface area contributed by atoms with Crippen LogP contribution < -0.4 is 5.32 Å². The lowest BCUT2D eigenvalue weighted by Crippen LogP contribution is -2.41. The van der Waals surface area contributed by atoms with Crippen LogP contribution >= 0.6 is 12.4 Å². The maximum absolute atomic E-state index is 12.0. The van der Waals surface area contributed by atoms with Gasteiger partial charge < -0.3 is 15.3 Å². The minimum atomic E-state index is -0.394. The number of aliphatic hydroxyl groups is 1. The van der Waals surface area contributed by atoms with E-state index in [4.69, 9.17) is 0 Å². The molecule has 1 fully saturated rings. The summed E-state index contributed by atoms with van der Waals surface area (Å²) in [6.45, 7) is 1.11. The summed E-state index contributed by atoms with van der Waals surface area (Å²) in [6.07, 6.45) is 0.117. The molecule has 18 heavy (non-hydrogen) atoms. The second-order valence-corrected chi connectivity index (χ2v) is 4.53. The Morgan fingerprint density at radius 3 is 2.67 bits per heavy atom. The molecule has 5 heteroatoms. The van der Waals surface area contributed by atoms with E-state index in [1.165, 1.54) is 0 Å². The number of nitrogens with one attached hydrogen (secondary N) is 1. The monoisotopic (exact) mass is 270 g/mol. The van der Waals surface area contributed by atoms with Crippen molar-refractivity contribution in [2.45, 2.75) is 25.1 Å². The zero-order chi connectivity index (χ0) is 12.3. The Hall–Kier alpha value is -1.10. The van der Waals surface area contributed by atoms with Gasteiger partial charge >= 0.3 is 0 Å². The van der Waals surface area contributed by atoms with Crippen LogP contribution in [0.4, 0.5) is 0 Å².